The first-order valence-corrected chi connectivity index (χ1v) is 32.1. The normalized spacial score (nSPS) is 17.9. The number of pyridine rings is 1. The number of fused-ring (bicyclic) bond motifs is 14. The third-order valence-electron chi connectivity index (χ3n) is 14.0. The van der Waals surface area contributed by atoms with E-state index in [0.717, 1.165) is 11.3 Å². The number of primary amides is 1. The Hall–Kier alpha value is -8.43. The molecule has 448 valence electrons. The summed E-state index contributed by atoms with van der Waals surface area (Å²) in [5.41, 5.74) is 8.52. The van der Waals surface area contributed by atoms with Crippen LogP contribution in [-0.4, -0.2) is 125 Å². The summed E-state index contributed by atoms with van der Waals surface area (Å²) in [5.74, 6) is -4.18. The van der Waals surface area contributed by atoms with Gasteiger partial charge in [0.05, 0.1) is 42.2 Å². The summed E-state index contributed by atoms with van der Waals surface area (Å²) >= 11 is 7.15. The second kappa shape index (κ2) is 25.9. The predicted molar refractivity (Wildman–Crippen MR) is 326 cm³/mol. The lowest BCUT2D eigenvalue weighted by Crippen LogP contribution is -2.43. The van der Waals surface area contributed by atoms with Gasteiger partial charge in [-0.05, 0) is 43.4 Å². The number of aliphatic hydroxyl groups excluding tert-OH is 1. The Kier molecular flexibility index (Phi) is 17.9. The van der Waals surface area contributed by atoms with Gasteiger partial charge in [0.25, 0.3) is 23.6 Å². The van der Waals surface area contributed by atoms with E-state index in [2.05, 4.69) is 31.6 Å². The number of nitrogens with two attached hydrogens (primary N) is 1. The van der Waals surface area contributed by atoms with Gasteiger partial charge in [-0.2, -0.15) is 0 Å². The van der Waals surface area contributed by atoms with Gasteiger partial charge in [-0.15, -0.1) is 68.0 Å². The van der Waals surface area contributed by atoms with E-state index in [1.54, 1.807) is 70.9 Å². The van der Waals surface area contributed by atoms with Crippen LogP contribution in [0.25, 0.3) is 54.9 Å². The van der Waals surface area contributed by atoms with E-state index in [9.17, 15) is 38.7 Å². The molecule has 2 aliphatic rings. The van der Waals surface area contributed by atoms with Gasteiger partial charge in [0.2, 0.25) is 23.6 Å². The van der Waals surface area contributed by atoms with Crippen molar-refractivity contribution < 1.29 is 47.8 Å². The molecule has 0 spiro atoms. The topological polar surface area (TPSA) is 355 Å². The van der Waals surface area contributed by atoms with E-state index in [1.807, 2.05) is 13.8 Å². The number of nitrogens with one attached hydrogen (secondary N) is 5. The molecule has 31 heteroatoms. The highest BCUT2D eigenvalue weighted by Gasteiger charge is 2.36. The highest BCUT2D eigenvalue weighted by atomic mass is 32.1. The van der Waals surface area contributed by atoms with Crippen LogP contribution in [0.1, 0.15) is 130 Å². The van der Waals surface area contributed by atoms with Crippen molar-refractivity contribution in [2.24, 2.45) is 11.7 Å². The van der Waals surface area contributed by atoms with Crippen molar-refractivity contribution in [3.8, 4) is 54.9 Å². The van der Waals surface area contributed by atoms with Crippen LogP contribution < -0.4 is 32.3 Å². The maximum atomic E-state index is 14.4. The fraction of sp³-hybridized carbons (Fsp3) is 0.304. The second-order valence-electron chi connectivity index (χ2n) is 20.3. The molecule has 0 aliphatic carbocycles. The maximum Gasteiger partial charge on any atom is 0.276 e. The van der Waals surface area contributed by atoms with Gasteiger partial charge < -0.3 is 51.5 Å². The van der Waals surface area contributed by atoms with Crippen LogP contribution in [0.2, 0.25) is 0 Å². The van der Waals surface area contributed by atoms with Gasteiger partial charge in [0.1, 0.15) is 94.4 Å². The van der Waals surface area contributed by atoms with Gasteiger partial charge >= 0.3 is 0 Å². The molecule has 5 atom stereocenters. The summed E-state index contributed by atoms with van der Waals surface area (Å²) in [6.07, 6.45) is 0.783. The van der Waals surface area contributed by atoms with Crippen LogP contribution in [0.4, 0.5) is 0 Å². The molecule has 8 N–H and O–H groups in total. The number of carbonyl (C=O) groups is 7. The summed E-state index contributed by atoms with van der Waals surface area (Å²) < 4.78 is 11.2. The van der Waals surface area contributed by atoms with Crippen LogP contribution >= 0.6 is 68.0 Å². The number of oxazole rings is 1. The number of aryl methyl sites for hydroxylation is 1. The van der Waals surface area contributed by atoms with Crippen molar-refractivity contribution in [3.63, 3.8) is 0 Å². The Morgan fingerprint density at radius 1 is 0.747 bits per heavy atom. The predicted octanol–water partition coefficient (Wildman–Crippen LogP) is 7.06. The largest absolute Gasteiger partial charge is 0.442 e. The molecule has 2 aliphatic heterocycles. The lowest BCUT2D eigenvalue weighted by Gasteiger charge is -2.23. The molecule has 8 aromatic heterocycles. The number of hydrogen-bond acceptors (Lipinski definition) is 24. The molecule has 1 aromatic carbocycles. The first-order chi connectivity index (χ1) is 41.9. The van der Waals surface area contributed by atoms with Gasteiger partial charge in [0.15, 0.2) is 5.69 Å². The maximum absolute atomic E-state index is 14.4. The SMILES string of the molecule is CNC(=O)C[C@@H]1NC(=O)c2csc(n2)-c2ccc(-c3nc(-c4nc(C(=O)N5CCC[C@H]5C(N)=O)co4)cs3)nc2-c2csc(n2)-c2csc(n2)[C@@H]([C@H](O)c2ccccc2)NC(=O)CNC(=O)c2nc(sc2COC)[C@H](C(C)C)NC(=O)c2nc1sc2C. The van der Waals surface area contributed by atoms with E-state index < -0.39 is 78.2 Å². The lowest BCUT2D eigenvalue weighted by molar-refractivity contribution is -0.122. The quantitative estimate of drug-likeness (QED) is 0.0681. The minimum atomic E-state index is -1.29. The number of thiazole rings is 6. The number of benzene rings is 1. The first kappa shape index (κ1) is 60.3. The molecule has 11 rings (SSSR count). The van der Waals surface area contributed by atoms with E-state index in [1.165, 1.54) is 82.0 Å². The van der Waals surface area contributed by atoms with Crippen LogP contribution in [0.3, 0.4) is 0 Å². The standard InChI is InChI=1S/C56H53N15O10S6/c1-24(2)39-55-70-42(36(87-55)19-80-5)47(77)59-17-38(73)67-43(44(74)26-10-7-6-8-11-26)54-66-34(23-85-54)52-63-31(20-83-52)41-27(50-64-32(21-82-50)46(76)61-29(16-37(72)58-4)53-69-40(25(3)86-53)48(78)68-39)13-14-28(60-41)51-65-33(22-84-51)49-62-30(18-81-49)56(79)71-15-9-12-35(71)45(57)75/h6-8,10-11,13-14,18,20-24,29,35,39,43-44,74H,9,12,15-17,19H2,1-5H3,(H2,57,75)(H,58,72)(H,59,77)(H,61,76)(H,67,73)(H,68,78)/t29-,35-,39-,43+,44+/m0/s1. The van der Waals surface area contributed by atoms with Crippen molar-refractivity contribution in [2.75, 3.05) is 27.2 Å². The lowest BCUT2D eigenvalue weighted by atomic mass is 10.0. The molecule has 0 unspecified atom stereocenters. The van der Waals surface area contributed by atoms with E-state index >= 15 is 0 Å². The van der Waals surface area contributed by atoms with Gasteiger partial charge in [-0.25, -0.2) is 39.9 Å². The van der Waals surface area contributed by atoms with E-state index in [-0.39, 0.29) is 52.6 Å². The Morgan fingerprint density at radius 2 is 1.46 bits per heavy atom. The average molecular weight is 1290 g/mol. The third-order valence-corrected chi connectivity index (χ3v) is 19.8. The zero-order valence-corrected chi connectivity index (χ0v) is 51.7. The molecule has 1 saturated heterocycles. The molecule has 0 saturated carbocycles. The number of aromatic nitrogens is 8. The summed E-state index contributed by atoms with van der Waals surface area (Å²) in [6, 6.07) is 8.71. The number of methoxy groups -OCH3 is 1. The van der Waals surface area contributed by atoms with Crippen molar-refractivity contribution >= 4 is 109 Å². The smallest absolute Gasteiger partial charge is 0.276 e. The van der Waals surface area contributed by atoms with Crippen LogP contribution in [0, 0.1) is 12.8 Å². The molecule has 87 heavy (non-hydrogen) atoms. The average Bonchev–Trinajstić information content (AvgIpc) is 2.59. The highest BCUT2D eigenvalue weighted by Crippen LogP contribution is 2.40. The minimum absolute atomic E-state index is 0.00259. The molecule has 10 bridgehead atoms. The van der Waals surface area contributed by atoms with E-state index in [0.29, 0.717) is 93.8 Å². The zero-order valence-electron chi connectivity index (χ0n) is 46.8. The molecular weight excluding hydrogens is 1240 g/mol. The van der Waals surface area contributed by atoms with E-state index in [4.69, 9.17) is 49.8 Å². The second-order valence-corrected chi connectivity index (χ2v) is 26.1. The van der Waals surface area contributed by atoms with Gasteiger partial charge in [-0.3, -0.25) is 33.6 Å². The third kappa shape index (κ3) is 12.9. The fourth-order valence-corrected chi connectivity index (χ4v) is 15.2. The van der Waals surface area contributed by atoms with Crippen LogP contribution in [0.15, 0.2) is 74.7 Å². The Morgan fingerprint density at radius 3 is 2.22 bits per heavy atom. The van der Waals surface area contributed by atoms with Crippen molar-refractivity contribution in [2.45, 2.75) is 76.9 Å². The van der Waals surface area contributed by atoms with Crippen LogP contribution in [-0.2, 0) is 25.7 Å². The number of hydrogen-bond donors (Lipinski definition) is 7. The van der Waals surface area contributed by atoms with Crippen LogP contribution in [0.5, 0.6) is 0 Å². The summed E-state index contributed by atoms with van der Waals surface area (Å²) in [7, 11) is 2.94. The molecule has 9 aromatic rings. The number of nitrogens with zero attached hydrogens (tertiary/aromatic N) is 9. The number of carbonyl (C=O) groups excluding carboxylic acids is 7. The van der Waals surface area contributed by atoms with Gasteiger partial charge in [0, 0.05) is 52.7 Å². The first-order valence-electron chi connectivity index (χ1n) is 26.9. The Balaban J connectivity index is 0.975. The minimum Gasteiger partial charge on any atom is -0.442 e. The van der Waals surface area contributed by atoms with Crippen molar-refractivity contribution in [3.05, 3.63) is 123 Å². The van der Waals surface area contributed by atoms with Crippen molar-refractivity contribution in [1.82, 2.24) is 71.4 Å². The highest BCUT2D eigenvalue weighted by molar-refractivity contribution is 7.15. The monoisotopic (exact) mass is 1290 g/mol. The summed E-state index contributed by atoms with van der Waals surface area (Å²) in [4.78, 5) is 136. The summed E-state index contributed by atoms with van der Waals surface area (Å²) in [6.45, 7) is 5.30. The molecular formula is C56H53N15O10S6. The number of ether oxygens (including phenoxy) is 1. The summed E-state index contributed by atoms with van der Waals surface area (Å²) in [5, 5.41) is 35.2. The zero-order chi connectivity index (χ0) is 61.2. The number of likely N-dealkylation sites (tertiary alicyclic amines) is 1. The molecule has 7 amide bonds. The molecule has 1 fully saturated rings. The van der Waals surface area contributed by atoms with Crippen molar-refractivity contribution in [1.29, 1.82) is 0 Å². The molecule has 0 radical (unpaired) electrons. The van der Waals surface area contributed by atoms with Gasteiger partial charge in [-0.1, -0.05) is 44.2 Å². The number of aliphatic hydroxyl groups is 1. The Labute approximate surface area is 519 Å². The molecule has 10 heterocycles. The Bertz CT molecular complexity index is 4090. The molecule has 25 nitrogen and oxygen atoms in total. The number of amides is 7. The fourth-order valence-electron chi connectivity index (χ4n) is 9.62. The number of rotatable bonds is 11.